The quantitative estimate of drug-likeness (QED) is 0.858. The average molecular weight is 321 g/mol. The summed E-state index contributed by atoms with van der Waals surface area (Å²) in [4.78, 5) is 35.3. The summed E-state index contributed by atoms with van der Waals surface area (Å²) in [5, 5.41) is 2.92. The van der Waals surface area contributed by atoms with Crippen molar-refractivity contribution in [2.24, 2.45) is 5.92 Å². The van der Waals surface area contributed by atoms with Crippen molar-refractivity contribution in [2.45, 2.75) is 52.5 Å². The van der Waals surface area contributed by atoms with Gasteiger partial charge >= 0.3 is 11.6 Å². The van der Waals surface area contributed by atoms with Gasteiger partial charge in [-0.25, -0.2) is 9.59 Å². The Morgan fingerprint density at radius 3 is 2.65 bits per heavy atom. The van der Waals surface area contributed by atoms with Gasteiger partial charge in [0.05, 0.1) is 0 Å². The molecule has 0 radical (unpaired) electrons. The Hall–Kier alpha value is -2.11. The van der Waals surface area contributed by atoms with Crippen molar-refractivity contribution in [2.75, 3.05) is 6.61 Å². The number of hydrogen-bond acceptors (Lipinski definition) is 5. The van der Waals surface area contributed by atoms with E-state index in [0.29, 0.717) is 11.5 Å². The Bertz CT molecular complexity index is 623. The fourth-order valence-corrected chi connectivity index (χ4v) is 3.05. The Morgan fingerprint density at radius 1 is 1.30 bits per heavy atom. The lowest BCUT2D eigenvalue weighted by atomic mass is 9.86. The number of amides is 1. The maximum absolute atomic E-state index is 12.1. The zero-order valence-corrected chi connectivity index (χ0v) is 13.8. The van der Waals surface area contributed by atoms with Crippen LogP contribution in [0.25, 0.3) is 0 Å². The first-order chi connectivity index (χ1) is 10.9. The summed E-state index contributed by atoms with van der Waals surface area (Å²) in [6, 6.07) is 1.38. The maximum atomic E-state index is 12.1. The lowest BCUT2D eigenvalue weighted by molar-refractivity contribution is -0.125. The van der Waals surface area contributed by atoms with Crippen molar-refractivity contribution in [3.8, 4) is 0 Å². The van der Waals surface area contributed by atoms with E-state index in [1.54, 1.807) is 6.92 Å². The molecule has 1 aliphatic carbocycles. The molecule has 1 fully saturated rings. The molecule has 0 unspecified atom stereocenters. The van der Waals surface area contributed by atoms with Gasteiger partial charge in [-0.15, -0.1) is 0 Å². The molecule has 6 heteroatoms. The predicted octanol–water partition coefficient (Wildman–Crippen LogP) is 2.11. The van der Waals surface area contributed by atoms with Gasteiger partial charge < -0.3 is 14.5 Å². The molecule has 23 heavy (non-hydrogen) atoms. The highest BCUT2D eigenvalue weighted by atomic mass is 16.5. The lowest BCUT2D eigenvalue weighted by Gasteiger charge is -2.29. The molecular weight excluding hydrogens is 298 g/mol. The smallest absolute Gasteiger partial charge is 0.342 e. The van der Waals surface area contributed by atoms with Crippen LogP contribution in [0.1, 0.15) is 54.3 Å². The van der Waals surface area contributed by atoms with E-state index >= 15 is 0 Å². The summed E-state index contributed by atoms with van der Waals surface area (Å²) in [6.45, 7) is 4.94. The summed E-state index contributed by atoms with van der Waals surface area (Å²) in [5.74, 6) is -0.321. The van der Waals surface area contributed by atoms with Crippen LogP contribution in [0, 0.1) is 19.8 Å². The van der Waals surface area contributed by atoms with Crippen LogP contribution in [0.4, 0.5) is 0 Å². The molecule has 1 aliphatic rings. The predicted molar refractivity (Wildman–Crippen MR) is 84.3 cm³/mol. The van der Waals surface area contributed by atoms with Crippen LogP contribution in [0.3, 0.4) is 0 Å². The SMILES string of the molecule is Cc1cc(=O)oc(C)c1C(=O)OCC(=O)N[C@@H]1CCCC[C@@H]1C. The Balaban J connectivity index is 1.91. The highest BCUT2D eigenvalue weighted by Gasteiger charge is 2.24. The minimum atomic E-state index is -0.657. The summed E-state index contributed by atoms with van der Waals surface area (Å²) in [7, 11) is 0. The number of carbonyl (C=O) groups excluding carboxylic acids is 2. The molecule has 1 saturated carbocycles. The fraction of sp³-hybridized carbons (Fsp3) is 0.588. The van der Waals surface area contributed by atoms with E-state index in [0.717, 1.165) is 19.3 Å². The largest absolute Gasteiger partial charge is 0.452 e. The maximum Gasteiger partial charge on any atom is 0.342 e. The number of esters is 1. The van der Waals surface area contributed by atoms with Crippen LogP contribution in [0.5, 0.6) is 0 Å². The van der Waals surface area contributed by atoms with E-state index in [1.807, 2.05) is 0 Å². The summed E-state index contributed by atoms with van der Waals surface area (Å²) in [5.41, 5.74) is 0.161. The van der Waals surface area contributed by atoms with E-state index in [2.05, 4.69) is 12.2 Å². The average Bonchev–Trinajstić information content (AvgIpc) is 2.46. The van der Waals surface area contributed by atoms with E-state index < -0.39 is 11.6 Å². The molecule has 1 heterocycles. The molecule has 6 nitrogen and oxygen atoms in total. The molecule has 2 rings (SSSR count). The number of rotatable bonds is 4. The van der Waals surface area contributed by atoms with Gasteiger partial charge in [-0.2, -0.15) is 0 Å². The van der Waals surface area contributed by atoms with E-state index in [1.165, 1.54) is 19.4 Å². The highest BCUT2D eigenvalue weighted by molar-refractivity contribution is 5.93. The van der Waals surface area contributed by atoms with Crippen molar-refractivity contribution in [1.29, 1.82) is 0 Å². The van der Waals surface area contributed by atoms with Crippen molar-refractivity contribution >= 4 is 11.9 Å². The Morgan fingerprint density at radius 2 is 2.00 bits per heavy atom. The van der Waals surface area contributed by atoms with Gasteiger partial charge in [0.25, 0.3) is 5.91 Å². The second-order valence-electron chi connectivity index (χ2n) is 6.19. The first-order valence-electron chi connectivity index (χ1n) is 7.96. The number of hydrogen-bond donors (Lipinski definition) is 1. The van der Waals surface area contributed by atoms with E-state index in [-0.39, 0.29) is 29.9 Å². The molecule has 0 aliphatic heterocycles. The van der Waals surface area contributed by atoms with Gasteiger partial charge in [0.1, 0.15) is 11.3 Å². The zero-order valence-electron chi connectivity index (χ0n) is 13.8. The van der Waals surface area contributed by atoms with Crippen LogP contribution in [-0.4, -0.2) is 24.5 Å². The van der Waals surface area contributed by atoms with Crippen molar-refractivity contribution in [3.63, 3.8) is 0 Å². The second-order valence-corrected chi connectivity index (χ2v) is 6.19. The number of ether oxygens (including phenoxy) is 1. The lowest BCUT2D eigenvalue weighted by Crippen LogP contribution is -2.42. The van der Waals surface area contributed by atoms with Gasteiger partial charge in [-0.1, -0.05) is 19.8 Å². The summed E-state index contributed by atoms with van der Waals surface area (Å²) < 4.78 is 9.95. The number of nitrogens with one attached hydrogen (secondary N) is 1. The topological polar surface area (TPSA) is 85.6 Å². The first kappa shape index (κ1) is 17.2. The summed E-state index contributed by atoms with van der Waals surface area (Å²) in [6.07, 6.45) is 4.37. The molecular formula is C17H23NO5. The van der Waals surface area contributed by atoms with Crippen LogP contribution in [0.2, 0.25) is 0 Å². The van der Waals surface area contributed by atoms with Crippen molar-refractivity contribution in [3.05, 3.63) is 33.4 Å². The monoisotopic (exact) mass is 321 g/mol. The first-order valence-corrected chi connectivity index (χ1v) is 7.96. The Labute approximate surface area is 135 Å². The molecule has 1 aromatic heterocycles. The van der Waals surface area contributed by atoms with E-state index in [9.17, 15) is 14.4 Å². The highest BCUT2D eigenvalue weighted by Crippen LogP contribution is 2.23. The van der Waals surface area contributed by atoms with Crippen LogP contribution < -0.4 is 10.9 Å². The van der Waals surface area contributed by atoms with Crippen molar-refractivity contribution < 1.29 is 18.7 Å². The molecule has 0 saturated heterocycles. The number of carbonyl (C=O) groups is 2. The molecule has 1 N–H and O–H groups in total. The van der Waals surface area contributed by atoms with Crippen LogP contribution >= 0.6 is 0 Å². The fourth-order valence-electron chi connectivity index (χ4n) is 3.05. The van der Waals surface area contributed by atoms with Gasteiger partial charge in [-0.05, 0) is 38.2 Å². The molecule has 0 aromatic carbocycles. The van der Waals surface area contributed by atoms with Gasteiger partial charge in [0.15, 0.2) is 6.61 Å². The standard InChI is InChI=1S/C17H23NO5/c1-10-6-4-5-7-13(10)18-14(19)9-22-17(21)16-11(2)8-15(20)23-12(16)3/h8,10,13H,4-7,9H2,1-3H3,(H,18,19)/t10-,13+/m0/s1. The van der Waals surface area contributed by atoms with Crippen molar-refractivity contribution in [1.82, 2.24) is 5.32 Å². The third-order valence-electron chi connectivity index (χ3n) is 4.33. The third kappa shape index (κ3) is 4.43. The minimum absolute atomic E-state index is 0.146. The van der Waals surface area contributed by atoms with Gasteiger partial charge in [0.2, 0.25) is 0 Å². The Kier molecular flexibility index (Phi) is 5.58. The normalized spacial score (nSPS) is 20.8. The molecule has 1 amide bonds. The van der Waals surface area contributed by atoms with Gasteiger partial charge in [-0.3, -0.25) is 4.79 Å². The molecule has 126 valence electrons. The third-order valence-corrected chi connectivity index (χ3v) is 4.33. The molecule has 0 spiro atoms. The van der Waals surface area contributed by atoms with Gasteiger partial charge in [0, 0.05) is 12.1 Å². The molecule has 0 bridgehead atoms. The zero-order chi connectivity index (χ0) is 17.0. The molecule has 1 aromatic rings. The van der Waals surface area contributed by atoms with Crippen LogP contribution in [0.15, 0.2) is 15.3 Å². The molecule has 2 atom stereocenters. The van der Waals surface area contributed by atoms with Crippen LogP contribution in [-0.2, 0) is 9.53 Å². The van der Waals surface area contributed by atoms with E-state index in [4.69, 9.17) is 9.15 Å². The summed E-state index contributed by atoms with van der Waals surface area (Å²) >= 11 is 0. The minimum Gasteiger partial charge on any atom is -0.452 e. The second kappa shape index (κ2) is 7.44. The number of aryl methyl sites for hydroxylation is 2.